The van der Waals surface area contributed by atoms with Gasteiger partial charge in [-0.15, -0.1) is 0 Å². The largest absolute Gasteiger partial charge is 0.534 e. The Balaban J connectivity index is 2.66. The molecule has 28 heavy (non-hydrogen) atoms. The van der Waals surface area contributed by atoms with Crippen LogP contribution in [0, 0.1) is 6.92 Å². The molecule has 158 valence electrons. The third-order valence-electron chi connectivity index (χ3n) is 4.26. The Kier molecular flexibility index (Phi) is 5.99. The Morgan fingerprint density at radius 3 is 2.04 bits per heavy atom. The molecule has 0 fully saturated rings. The fourth-order valence-electron chi connectivity index (χ4n) is 2.76. The topological polar surface area (TPSA) is 80.8 Å². The van der Waals surface area contributed by atoms with E-state index in [0.29, 0.717) is 15.9 Å². The molecule has 0 bridgehead atoms. The summed E-state index contributed by atoms with van der Waals surface area (Å²) in [5.74, 6) is -0.733. The third-order valence-corrected chi connectivity index (χ3v) is 9.27. The van der Waals surface area contributed by atoms with Gasteiger partial charge in [-0.1, -0.05) is 37.3 Å². The summed E-state index contributed by atoms with van der Waals surface area (Å²) in [5, 5.41) is 0.322. The monoisotopic (exact) mass is 457 g/mol. The normalized spacial score (nSPS) is 17.0. The van der Waals surface area contributed by atoms with Crippen LogP contribution in [0.3, 0.4) is 0 Å². The van der Waals surface area contributed by atoms with Crippen LogP contribution in [0.5, 0.6) is 0 Å². The second kappa shape index (κ2) is 7.37. The van der Waals surface area contributed by atoms with Crippen molar-refractivity contribution in [1.29, 1.82) is 0 Å². The summed E-state index contributed by atoms with van der Waals surface area (Å²) >= 11 is 0. The van der Waals surface area contributed by atoms with Gasteiger partial charge in [0.15, 0.2) is 0 Å². The smallest absolute Gasteiger partial charge is 0.357 e. The molecular formula is C16H22F3NO5S2Si. The molecule has 12 heteroatoms. The van der Waals surface area contributed by atoms with E-state index in [0.717, 1.165) is 5.56 Å². The molecule has 6 nitrogen and oxygen atoms in total. The lowest BCUT2D eigenvalue weighted by atomic mass is 10.2. The summed E-state index contributed by atoms with van der Waals surface area (Å²) in [4.78, 5) is -0.152. The maximum Gasteiger partial charge on any atom is 0.534 e. The number of rotatable bonds is 5. The van der Waals surface area contributed by atoms with Gasteiger partial charge in [-0.2, -0.15) is 21.6 Å². The summed E-state index contributed by atoms with van der Waals surface area (Å²) in [6.45, 7) is 6.94. The van der Waals surface area contributed by atoms with Crippen molar-refractivity contribution >= 4 is 28.2 Å². The Bertz CT molecular complexity index is 979. The highest BCUT2D eigenvalue weighted by Crippen LogP contribution is 2.37. The first kappa shape index (κ1) is 22.8. The highest BCUT2D eigenvalue weighted by atomic mass is 32.2. The molecule has 0 saturated carbocycles. The van der Waals surface area contributed by atoms with Gasteiger partial charge in [-0.05, 0) is 37.1 Å². The van der Waals surface area contributed by atoms with Gasteiger partial charge in [0.2, 0.25) is 5.88 Å². The number of halogens is 3. The molecule has 0 spiro atoms. The standard InChI is InChI=1S/C16H22F3NO5S2Si/c1-12-7-9-13(10-8-12)26(21,22)20-11-5-6-14(28(2,3)4)15(20)25-27(23,24)16(17,18)19/h7-10H,5-6,11H2,1-4H3. The van der Waals surface area contributed by atoms with E-state index in [1.807, 2.05) is 0 Å². The average molecular weight is 458 g/mol. The average Bonchev–Trinajstić information content (AvgIpc) is 2.52. The molecule has 0 radical (unpaired) electrons. The van der Waals surface area contributed by atoms with Crippen LogP contribution in [0.4, 0.5) is 13.2 Å². The summed E-state index contributed by atoms with van der Waals surface area (Å²) in [5.41, 5.74) is -4.87. The van der Waals surface area contributed by atoms with Crippen LogP contribution in [0.15, 0.2) is 40.2 Å². The summed E-state index contributed by atoms with van der Waals surface area (Å²) in [7, 11) is -12.7. The molecule has 0 aromatic heterocycles. The molecule has 0 unspecified atom stereocenters. The van der Waals surface area contributed by atoms with Crippen molar-refractivity contribution in [2.75, 3.05) is 6.54 Å². The van der Waals surface area contributed by atoms with Gasteiger partial charge in [-0.3, -0.25) is 0 Å². The van der Waals surface area contributed by atoms with Crippen LogP contribution in [-0.4, -0.2) is 41.3 Å². The third kappa shape index (κ3) is 4.54. The molecule has 1 heterocycles. The van der Waals surface area contributed by atoms with Gasteiger partial charge in [0.25, 0.3) is 10.0 Å². The van der Waals surface area contributed by atoms with Crippen LogP contribution in [0.2, 0.25) is 19.6 Å². The fourth-order valence-corrected chi connectivity index (χ4v) is 6.68. The zero-order chi connectivity index (χ0) is 21.5. The minimum atomic E-state index is -6.01. The minimum absolute atomic E-state index is 0.152. The molecule has 1 aliphatic heterocycles. The number of alkyl halides is 3. The van der Waals surface area contributed by atoms with E-state index in [1.165, 1.54) is 12.1 Å². The van der Waals surface area contributed by atoms with Gasteiger partial charge in [0, 0.05) is 6.54 Å². The van der Waals surface area contributed by atoms with E-state index in [-0.39, 0.29) is 17.9 Å². The van der Waals surface area contributed by atoms with Crippen molar-refractivity contribution in [3.63, 3.8) is 0 Å². The predicted octanol–water partition coefficient (Wildman–Crippen LogP) is 3.73. The first-order valence-corrected chi connectivity index (χ1v) is 14.8. The van der Waals surface area contributed by atoms with Crippen molar-refractivity contribution < 1.29 is 34.2 Å². The van der Waals surface area contributed by atoms with Crippen molar-refractivity contribution in [2.45, 2.75) is 49.8 Å². The SMILES string of the molecule is Cc1ccc(S(=O)(=O)N2CCCC([Si](C)(C)C)=C2OS(=O)(=O)C(F)(F)F)cc1. The fraction of sp³-hybridized carbons (Fsp3) is 0.500. The molecule has 1 aliphatic rings. The van der Waals surface area contributed by atoms with Crippen LogP contribution in [-0.2, 0) is 24.3 Å². The van der Waals surface area contributed by atoms with Gasteiger partial charge in [-0.25, -0.2) is 12.7 Å². The molecule has 1 aromatic rings. The first-order valence-electron chi connectivity index (χ1n) is 8.41. The first-order chi connectivity index (χ1) is 12.6. The molecule has 0 N–H and O–H groups in total. The molecule has 1 aromatic carbocycles. The summed E-state index contributed by atoms with van der Waals surface area (Å²) < 4.78 is 93.3. The van der Waals surface area contributed by atoms with E-state index >= 15 is 0 Å². The number of hydrogen-bond donors (Lipinski definition) is 0. The summed E-state index contributed by atoms with van der Waals surface area (Å²) in [6.07, 6.45) is 0.627. The van der Waals surface area contributed by atoms with Crippen molar-refractivity contribution in [3.05, 3.63) is 40.9 Å². The number of allylic oxidation sites excluding steroid dienone is 1. The van der Waals surface area contributed by atoms with Gasteiger partial charge < -0.3 is 4.18 Å². The molecular weight excluding hydrogens is 435 g/mol. The number of aryl methyl sites for hydroxylation is 1. The molecule has 2 rings (SSSR count). The molecule has 0 saturated heterocycles. The minimum Gasteiger partial charge on any atom is -0.357 e. The lowest BCUT2D eigenvalue weighted by molar-refractivity contribution is -0.0533. The summed E-state index contributed by atoms with van der Waals surface area (Å²) in [6, 6.07) is 5.74. The molecule has 0 atom stereocenters. The predicted molar refractivity (Wildman–Crippen MR) is 101 cm³/mol. The molecule has 0 aliphatic carbocycles. The highest BCUT2D eigenvalue weighted by molar-refractivity contribution is 7.89. The number of nitrogens with zero attached hydrogens (tertiary/aromatic N) is 1. The van der Waals surface area contributed by atoms with Crippen molar-refractivity contribution in [3.8, 4) is 0 Å². The highest BCUT2D eigenvalue weighted by Gasteiger charge is 2.51. The second-order valence-electron chi connectivity index (χ2n) is 7.51. The quantitative estimate of drug-likeness (QED) is 0.382. The van der Waals surface area contributed by atoms with Crippen LogP contribution in [0.1, 0.15) is 18.4 Å². The number of hydrogen-bond acceptors (Lipinski definition) is 5. The Labute approximate surface area is 164 Å². The Morgan fingerprint density at radius 2 is 1.57 bits per heavy atom. The van der Waals surface area contributed by atoms with Crippen molar-refractivity contribution in [1.82, 2.24) is 4.31 Å². The van der Waals surface area contributed by atoms with E-state index in [4.69, 9.17) is 0 Å². The van der Waals surface area contributed by atoms with E-state index in [1.54, 1.807) is 38.7 Å². The van der Waals surface area contributed by atoms with E-state index in [9.17, 15) is 30.0 Å². The second-order valence-corrected chi connectivity index (χ2v) is 16.0. The van der Waals surface area contributed by atoms with E-state index in [2.05, 4.69) is 4.18 Å². The van der Waals surface area contributed by atoms with Crippen molar-refractivity contribution in [2.24, 2.45) is 0 Å². The zero-order valence-electron chi connectivity index (χ0n) is 15.9. The van der Waals surface area contributed by atoms with Crippen LogP contribution in [0.25, 0.3) is 0 Å². The molecule has 0 amide bonds. The lowest BCUT2D eigenvalue weighted by Gasteiger charge is -2.35. The maximum atomic E-state index is 13.1. The van der Waals surface area contributed by atoms with Gasteiger partial charge >= 0.3 is 15.6 Å². The van der Waals surface area contributed by atoms with Crippen LogP contribution < -0.4 is 0 Å². The maximum absolute atomic E-state index is 13.1. The number of sulfonamides is 1. The Morgan fingerprint density at radius 1 is 1.04 bits per heavy atom. The van der Waals surface area contributed by atoms with E-state index < -0.39 is 39.6 Å². The number of benzene rings is 1. The lowest BCUT2D eigenvalue weighted by Crippen LogP contribution is -2.42. The Hall–Kier alpha value is -1.53. The zero-order valence-corrected chi connectivity index (χ0v) is 18.5. The van der Waals surface area contributed by atoms with Gasteiger partial charge in [0.05, 0.1) is 13.0 Å². The van der Waals surface area contributed by atoms with Gasteiger partial charge in [0.1, 0.15) is 0 Å². The van der Waals surface area contributed by atoms with Crippen LogP contribution >= 0.6 is 0 Å².